The highest BCUT2D eigenvalue weighted by Gasteiger charge is 2.55. The molecule has 0 saturated heterocycles. The van der Waals surface area contributed by atoms with Gasteiger partial charge >= 0.3 is 0 Å². The number of hydrogen-bond donors (Lipinski definition) is 1. The van der Waals surface area contributed by atoms with E-state index in [1.165, 1.54) is 0 Å². The van der Waals surface area contributed by atoms with Gasteiger partial charge in [0.05, 0.1) is 0 Å². The molecule has 1 fully saturated rings. The van der Waals surface area contributed by atoms with Crippen LogP contribution in [0.4, 0.5) is 0 Å². The minimum Gasteiger partial charge on any atom is -0.396 e. The fourth-order valence-electron chi connectivity index (χ4n) is 1.01. The molecule has 0 heterocycles. The van der Waals surface area contributed by atoms with Gasteiger partial charge in [0.15, 0.2) is 0 Å². The summed E-state index contributed by atoms with van der Waals surface area (Å²) in [4.78, 5) is 0.542. The molecule has 0 spiro atoms. The van der Waals surface area contributed by atoms with E-state index in [1.54, 1.807) is 0 Å². The van der Waals surface area contributed by atoms with Crippen LogP contribution in [-0.4, -0.2) is 16.5 Å². The molecule has 8 heavy (non-hydrogen) atoms. The van der Waals surface area contributed by atoms with Crippen LogP contribution in [-0.2, 0) is 0 Å². The summed E-state index contributed by atoms with van der Waals surface area (Å²) in [6.45, 7) is 4.64. The van der Waals surface area contributed by atoms with Crippen LogP contribution in [0.2, 0.25) is 0 Å². The standard InChI is InChI=1S/C6H11BrO/c1-6(2)4(3-8)5(6)7/h4-5,8H,3H2,1-2H3/t4-,5?/m0/s1. The first-order chi connectivity index (χ1) is 3.60. The summed E-state index contributed by atoms with van der Waals surface area (Å²) in [7, 11) is 0. The van der Waals surface area contributed by atoms with E-state index in [9.17, 15) is 0 Å². The van der Waals surface area contributed by atoms with Crippen LogP contribution in [0.15, 0.2) is 0 Å². The summed E-state index contributed by atoms with van der Waals surface area (Å²) >= 11 is 3.47. The van der Waals surface area contributed by atoms with Crippen LogP contribution < -0.4 is 0 Å². The van der Waals surface area contributed by atoms with Crippen LogP contribution in [0.25, 0.3) is 0 Å². The fraction of sp³-hybridized carbons (Fsp3) is 1.00. The molecule has 1 nitrogen and oxygen atoms in total. The van der Waals surface area contributed by atoms with Crippen molar-refractivity contribution in [3.63, 3.8) is 0 Å². The first-order valence-corrected chi connectivity index (χ1v) is 3.77. The van der Waals surface area contributed by atoms with Crippen LogP contribution in [0.5, 0.6) is 0 Å². The van der Waals surface area contributed by atoms with Crippen molar-refractivity contribution in [2.75, 3.05) is 6.61 Å². The van der Waals surface area contributed by atoms with Crippen molar-refractivity contribution in [3.05, 3.63) is 0 Å². The average Bonchev–Trinajstić information content (AvgIpc) is 2.09. The number of hydrogen-bond acceptors (Lipinski definition) is 1. The smallest absolute Gasteiger partial charge is 0.0475 e. The van der Waals surface area contributed by atoms with Gasteiger partial charge < -0.3 is 5.11 Å². The van der Waals surface area contributed by atoms with Crippen molar-refractivity contribution < 1.29 is 5.11 Å². The molecular formula is C6H11BrO. The zero-order valence-corrected chi connectivity index (χ0v) is 6.77. The van der Waals surface area contributed by atoms with Gasteiger partial charge in [0.2, 0.25) is 0 Å². The molecule has 0 aliphatic heterocycles. The third-order valence-electron chi connectivity index (χ3n) is 2.11. The zero-order valence-electron chi connectivity index (χ0n) is 5.19. The van der Waals surface area contributed by atoms with E-state index in [4.69, 9.17) is 5.11 Å². The minimum atomic E-state index is 0.322. The fourth-order valence-corrected chi connectivity index (χ4v) is 2.04. The number of halogens is 1. The lowest BCUT2D eigenvalue weighted by molar-refractivity contribution is 0.258. The van der Waals surface area contributed by atoms with Gasteiger partial charge in [-0.25, -0.2) is 0 Å². The molecule has 1 unspecified atom stereocenters. The number of rotatable bonds is 1. The molecule has 0 radical (unpaired) electrons. The second-order valence-electron chi connectivity index (χ2n) is 3.01. The van der Waals surface area contributed by atoms with Gasteiger partial charge in [-0.15, -0.1) is 0 Å². The molecule has 0 bridgehead atoms. The number of aliphatic hydroxyl groups is 1. The summed E-state index contributed by atoms with van der Waals surface area (Å²) in [6.07, 6.45) is 0. The first-order valence-electron chi connectivity index (χ1n) is 2.85. The van der Waals surface area contributed by atoms with E-state index in [-0.39, 0.29) is 0 Å². The van der Waals surface area contributed by atoms with E-state index in [0.29, 0.717) is 22.8 Å². The lowest BCUT2D eigenvalue weighted by atomic mass is 10.1. The summed E-state index contributed by atoms with van der Waals surface area (Å²) in [6, 6.07) is 0. The monoisotopic (exact) mass is 178 g/mol. The van der Waals surface area contributed by atoms with Crippen molar-refractivity contribution in [1.82, 2.24) is 0 Å². The molecular weight excluding hydrogens is 168 g/mol. The van der Waals surface area contributed by atoms with Crippen molar-refractivity contribution in [2.24, 2.45) is 11.3 Å². The highest BCUT2D eigenvalue weighted by molar-refractivity contribution is 9.09. The van der Waals surface area contributed by atoms with Crippen molar-refractivity contribution in [2.45, 2.75) is 18.7 Å². The van der Waals surface area contributed by atoms with Crippen molar-refractivity contribution in [1.29, 1.82) is 0 Å². The van der Waals surface area contributed by atoms with E-state index >= 15 is 0 Å². The summed E-state index contributed by atoms with van der Waals surface area (Å²) < 4.78 is 0. The van der Waals surface area contributed by atoms with E-state index < -0.39 is 0 Å². The van der Waals surface area contributed by atoms with Crippen molar-refractivity contribution >= 4 is 15.9 Å². The molecule has 1 saturated carbocycles. The second-order valence-corrected chi connectivity index (χ2v) is 4.00. The maximum absolute atomic E-state index is 8.68. The molecule has 1 aliphatic rings. The Morgan fingerprint density at radius 1 is 1.62 bits per heavy atom. The number of aliphatic hydroxyl groups excluding tert-OH is 1. The lowest BCUT2D eigenvalue weighted by Gasteiger charge is -1.95. The molecule has 0 amide bonds. The molecule has 1 aliphatic carbocycles. The van der Waals surface area contributed by atoms with Crippen LogP contribution in [0.1, 0.15) is 13.8 Å². The topological polar surface area (TPSA) is 20.2 Å². The Balaban J connectivity index is 2.45. The van der Waals surface area contributed by atoms with Gasteiger partial charge in [0, 0.05) is 17.4 Å². The summed E-state index contributed by atoms with van der Waals surface area (Å²) in [5.74, 6) is 0.488. The number of alkyl halides is 1. The van der Waals surface area contributed by atoms with Gasteiger partial charge in [0.25, 0.3) is 0 Å². The van der Waals surface area contributed by atoms with E-state index in [1.807, 2.05) is 0 Å². The molecule has 0 aromatic heterocycles. The van der Waals surface area contributed by atoms with Gasteiger partial charge in [-0.1, -0.05) is 29.8 Å². The van der Waals surface area contributed by atoms with Crippen LogP contribution >= 0.6 is 15.9 Å². The SMILES string of the molecule is CC1(C)C(Br)[C@@H]1CO. The zero-order chi connectivity index (χ0) is 6.36. The molecule has 1 rings (SSSR count). The van der Waals surface area contributed by atoms with Crippen molar-refractivity contribution in [3.8, 4) is 0 Å². The molecule has 2 atom stereocenters. The van der Waals surface area contributed by atoms with Crippen LogP contribution in [0.3, 0.4) is 0 Å². The molecule has 2 heteroatoms. The molecule has 0 aromatic carbocycles. The quantitative estimate of drug-likeness (QED) is 0.603. The highest BCUT2D eigenvalue weighted by atomic mass is 79.9. The largest absolute Gasteiger partial charge is 0.396 e. The Bertz CT molecular complexity index is 101. The summed E-state index contributed by atoms with van der Waals surface area (Å²) in [5, 5.41) is 8.68. The first kappa shape index (κ1) is 6.56. The van der Waals surface area contributed by atoms with Crippen LogP contribution in [0, 0.1) is 11.3 Å². The second kappa shape index (κ2) is 1.71. The molecule has 1 N–H and O–H groups in total. The van der Waals surface area contributed by atoms with Gasteiger partial charge in [-0.05, 0) is 5.41 Å². The predicted molar refractivity (Wildman–Crippen MR) is 37.1 cm³/mol. The molecule has 0 aromatic rings. The molecule has 48 valence electrons. The van der Waals surface area contributed by atoms with E-state index in [2.05, 4.69) is 29.8 Å². The highest BCUT2D eigenvalue weighted by Crippen LogP contribution is 2.56. The Labute approximate surface area is 58.2 Å². The summed E-state index contributed by atoms with van der Waals surface area (Å²) in [5.41, 5.74) is 0.342. The Kier molecular flexibility index (Phi) is 1.40. The minimum absolute atomic E-state index is 0.322. The third kappa shape index (κ3) is 0.705. The predicted octanol–water partition coefficient (Wildman–Crippen LogP) is 1.40. The maximum Gasteiger partial charge on any atom is 0.0475 e. The Hall–Kier alpha value is 0.440. The van der Waals surface area contributed by atoms with Gasteiger partial charge in [0.1, 0.15) is 0 Å². The average molecular weight is 179 g/mol. The maximum atomic E-state index is 8.68. The Morgan fingerprint density at radius 3 is 2.00 bits per heavy atom. The van der Waals surface area contributed by atoms with E-state index in [0.717, 1.165) is 0 Å². The normalized spacial score (nSPS) is 42.0. The lowest BCUT2D eigenvalue weighted by Crippen LogP contribution is -1.93. The van der Waals surface area contributed by atoms with Gasteiger partial charge in [-0.2, -0.15) is 0 Å². The Morgan fingerprint density at radius 2 is 2.00 bits per heavy atom. The van der Waals surface area contributed by atoms with Gasteiger partial charge in [-0.3, -0.25) is 0 Å². The third-order valence-corrected chi connectivity index (χ3v) is 3.93.